The summed E-state index contributed by atoms with van der Waals surface area (Å²) in [4.78, 5) is 23.3. The molecule has 8 heteroatoms. The maximum atomic E-state index is 10.6. The van der Waals surface area contributed by atoms with Crippen LogP contribution in [0, 0.1) is 0 Å². The van der Waals surface area contributed by atoms with Crippen LogP contribution in [0.5, 0.6) is 0 Å². The van der Waals surface area contributed by atoms with Crippen molar-refractivity contribution in [2.45, 2.75) is 44.4 Å². The van der Waals surface area contributed by atoms with Crippen molar-refractivity contribution in [3.05, 3.63) is 0 Å². The number of carbonyl (C=O) groups is 1. The maximum Gasteiger partial charge on any atom is 0.305 e. The summed E-state index contributed by atoms with van der Waals surface area (Å²) in [5.41, 5.74) is 0. The molecule has 7 nitrogen and oxygen atoms in total. The van der Waals surface area contributed by atoms with Crippen LogP contribution in [0.4, 0.5) is 11.9 Å². The maximum absolute atomic E-state index is 10.6. The molecule has 0 aliphatic heterocycles. The van der Waals surface area contributed by atoms with Crippen molar-refractivity contribution >= 4 is 29.6 Å². The molecule has 1 atom stereocenters. The van der Waals surface area contributed by atoms with Crippen molar-refractivity contribution < 1.29 is 9.90 Å². The van der Waals surface area contributed by atoms with Gasteiger partial charge in [-0.3, -0.25) is 4.79 Å². The summed E-state index contributed by atoms with van der Waals surface area (Å²) in [6, 6.07) is -0.0390. The van der Waals surface area contributed by atoms with Gasteiger partial charge in [0.1, 0.15) is 0 Å². The van der Waals surface area contributed by atoms with E-state index >= 15 is 0 Å². The molecule has 1 unspecified atom stereocenters. The van der Waals surface area contributed by atoms with E-state index in [-0.39, 0.29) is 18.5 Å². The Balaban J connectivity index is 2.84. The number of aromatic nitrogens is 3. The van der Waals surface area contributed by atoms with Crippen molar-refractivity contribution in [2.24, 2.45) is 0 Å². The van der Waals surface area contributed by atoms with Crippen LogP contribution in [0.25, 0.3) is 0 Å². The second-order valence-electron chi connectivity index (χ2n) is 4.41. The van der Waals surface area contributed by atoms with Gasteiger partial charge in [0.25, 0.3) is 0 Å². The molecule has 0 aliphatic rings. The molecule has 1 aromatic heterocycles. The molecule has 0 radical (unpaired) electrons. The lowest BCUT2D eigenvalue weighted by Gasteiger charge is -2.14. The Morgan fingerprint density at radius 1 is 1.21 bits per heavy atom. The van der Waals surface area contributed by atoms with E-state index in [1.165, 1.54) is 11.8 Å². The predicted octanol–water partition coefficient (Wildman–Crippen LogP) is 1.69. The van der Waals surface area contributed by atoms with Crippen LogP contribution in [0.2, 0.25) is 0 Å². The molecule has 0 bridgehead atoms. The monoisotopic (exact) mass is 285 g/mol. The first-order chi connectivity index (χ1) is 8.90. The fourth-order valence-corrected chi connectivity index (χ4v) is 1.72. The third-order valence-electron chi connectivity index (χ3n) is 2.07. The minimum atomic E-state index is -0.861. The summed E-state index contributed by atoms with van der Waals surface area (Å²) in [5.74, 6) is 0.00954. The normalized spacial score (nSPS) is 12.3. The molecule has 0 fully saturated rings. The Bertz CT molecular complexity index is 441. The first kappa shape index (κ1) is 15.5. The summed E-state index contributed by atoms with van der Waals surface area (Å²) in [5, 5.41) is 15.4. The van der Waals surface area contributed by atoms with E-state index in [9.17, 15) is 4.79 Å². The van der Waals surface area contributed by atoms with Crippen LogP contribution in [-0.2, 0) is 4.79 Å². The SMILES string of the molecule is CSc1nc(NC(C)C)nc(NC(C)CC(=O)O)n1. The van der Waals surface area contributed by atoms with Gasteiger partial charge in [-0.15, -0.1) is 0 Å². The van der Waals surface area contributed by atoms with Crippen LogP contribution in [0.15, 0.2) is 5.16 Å². The number of nitrogens with one attached hydrogen (secondary N) is 2. The molecule has 1 rings (SSSR count). The van der Waals surface area contributed by atoms with Gasteiger partial charge in [-0.2, -0.15) is 15.0 Å². The van der Waals surface area contributed by atoms with Crippen molar-refractivity contribution in [1.82, 2.24) is 15.0 Å². The summed E-state index contributed by atoms with van der Waals surface area (Å²) in [6.07, 6.45) is 1.88. The molecule has 3 N–H and O–H groups in total. The van der Waals surface area contributed by atoms with Crippen molar-refractivity contribution in [2.75, 3.05) is 16.9 Å². The number of thioether (sulfide) groups is 1. The number of anilines is 2. The summed E-state index contributed by atoms with van der Waals surface area (Å²) in [6.45, 7) is 5.75. The number of hydrogen-bond acceptors (Lipinski definition) is 7. The van der Waals surface area contributed by atoms with Crippen molar-refractivity contribution in [3.63, 3.8) is 0 Å². The van der Waals surface area contributed by atoms with Crippen LogP contribution < -0.4 is 10.6 Å². The van der Waals surface area contributed by atoms with E-state index in [4.69, 9.17) is 5.11 Å². The van der Waals surface area contributed by atoms with Crippen LogP contribution in [0.1, 0.15) is 27.2 Å². The average Bonchev–Trinajstić information content (AvgIpc) is 2.26. The van der Waals surface area contributed by atoms with Crippen LogP contribution in [-0.4, -0.2) is 44.4 Å². The molecular formula is C11H19N5O2S. The largest absolute Gasteiger partial charge is 0.481 e. The Morgan fingerprint density at radius 3 is 2.26 bits per heavy atom. The van der Waals surface area contributed by atoms with E-state index in [0.717, 1.165) is 0 Å². The molecule has 19 heavy (non-hydrogen) atoms. The van der Waals surface area contributed by atoms with Crippen molar-refractivity contribution in [3.8, 4) is 0 Å². The molecule has 0 aromatic carbocycles. The lowest BCUT2D eigenvalue weighted by molar-refractivity contribution is -0.137. The number of rotatable bonds is 7. The highest BCUT2D eigenvalue weighted by atomic mass is 32.2. The smallest absolute Gasteiger partial charge is 0.305 e. The fourth-order valence-electron chi connectivity index (χ4n) is 1.37. The number of nitrogens with zero attached hydrogens (tertiary/aromatic N) is 3. The van der Waals surface area contributed by atoms with Gasteiger partial charge in [0.15, 0.2) is 5.16 Å². The zero-order chi connectivity index (χ0) is 14.4. The highest BCUT2D eigenvalue weighted by molar-refractivity contribution is 7.98. The Kier molecular flexibility index (Phi) is 5.81. The second kappa shape index (κ2) is 7.13. The number of carboxylic acids is 1. The van der Waals surface area contributed by atoms with Crippen LogP contribution in [0.3, 0.4) is 0 Å². The third-order valence-corrected chi connectivity index (χ3v) is 2.62. The molecule has 0 aliphatic carbocycles. The zero-order valence-corrected chi connectivity index (χ0v) is 12.3. The van der Waals surface area contributed by atoms with Gasteiger partial charge in [-0.05, 0) is 27.0 Å². The lowest BCUT2D eigenvalue weighted by Crippen LogP contribution is -2.22. The zero-order valence-electron chi connectivity index (χ0n) is 11.5. The van der Waals surface area contributed by atoms with E-state index < -0.39 is 5.97 Å². The third kappa shape index (κ3) is 5.73. The van der Waals surface area contributed by atoms with Crippen LogP contribution >= 0.6 is 11.8 Å². The first-order valence-electron chi connectivity index (χ1n) is 5.95. The van der Waals surface area contributed by atoms with Gasteiger partial charge in [0.2, 0.25) is 11.9 Å². The highest BCUT2D eigenvalue weighted by Gasteiger charge is 2.11. The predicted molar refractivity (Wildman–Crippen MR) is 75.7 cm³/mol. The second-order valence-corrected chi connectivity index (χ2v) is 5.19. The Hall–Kier alpha value is -1.57. The first-order valence-corrected chi connectivity index (χ1v) is 7.18. The van der Waals surface area contributed by atoms with E-state index in [2.05, 4.69) is 25.6 Å². The number of carboxylic acid groups (broad SMARTS) is 1. The highest BCUT2D eigenvalue weighted by Crippen LogP contribution is 2.15. The molecule has 0 amide bonds. The number of hydrogen-bond donors (Lipinski definition) is 3. The van der Waals surface area contributed by atoms with Gasteiger partial charge in [0, 0.05) is 12.1 Å². The molecule has 106 valence electrons. The van der Waals surface area contributed by atoms with E-state index in [1.54, 1.807) is 6.92 Å². The molecule has 1 aromatic rings. The molecule has 0 spiro atoms. The van der Waals surface area contributed by atoms with Gasteiger partial charge >= 0.3 is 5.97 Å². The minimum Gasteiger partial charge on any atom is -0.481 e. The van der Waals surface area contributed by atoms with Gasteiger partial charge < -0.3 is 15.7 Å². The van der Waals surface area contributed by atoms with Crippen molar-refractivity contribution in [1.29, 1.82) is 0 Å². The summed E-state index contributed by atoms with van der Waals surface area (Å²) >= 11 is 1.41. The van der Waals surface area contributed by atoms with Gasteiger partial charge in [-0.25, -0.2) is 0 Å². The molecular weight excluding hydrogens is 266 g/mol. The quantitative estimate of drug-likeness (QED) is 0.651. The lowest BCUT2D eigenvalue weighted by atomic mass is 10.2. The number of aliphatic carboxylic acids is 1. The average molecular weight is 285 g/mol. The molecule has 0 saturated carbocycles. The summed E-state index contributed by atoms with van der Waals surface area (Å²) < 4.78 is 0. The van der Waals surface area contributed by atoms with E-state index in [1.807, 2.05) is 20.1 Å². The Labute approximate surface area is 116 Å². The van der Waals surface area contributed by atoms with Gasteiger partial charge in [0.05, 0.1) is 6.42 Å². The summed E-state index contributed by atoms with van der Waals surface area (Å²) in [7, 11) is 0. The molecule has 1 heterocycles. The standard InChI is InChI=1S/C11H19N5O2S/c1-6(2)12-9-14-10(16-11(15-9)19-4)13-7(3)5-8(17)18/h6-7H,5H2,1-4H3,(H,17,18)(H2,12,13,14,15,16). The topological polar surface area (TPSA) is 100 Å². The minimum absolute atomic E-state index is 0.00717. The van der Waals surface area contributed by atoms with Gasteiger partial charge in [-0.1, -0.05) is 11.8 Å². The molecule has 0 saturated heterocycles. The fraction of sp³-hybridized carbons (Fsp3) is 0.636. The van der Waals surface area contributed by atoms with E-state index in [0.29, 0.717) is 17.1 Å². The Morgan fingerprint density at radius 2 is 1.79 bits per heavy atom.